The molecular formula is C25H21N3O7S. The number of nitro benzene ring substituents is 1. The summed E-state index contributed by atoms with van der Waals surface area (Å²) >= 11 is 0.682. The number of thioether (sulfide) groups is 1. The van der Waals surface area contributed by atoms with E-state index in [-0.39, 0.29) is 27.7 Å². The Kier molecular flexibility index (Phi) is 6.93. The maximum Gasteiger partial charge on any atom is 0.294 e. The number of nitrogens with zero attached hydrogens (tertiary/aromatic N) is 2. The van der Waals surface area contributed by atoms with Crippen molar-refractivity contribution in [3.8, 4) is 17.1 Å². The van der Waals surface area contributed by atoms with E-state index < -0.39 is 28.5 Å². The lowest BCUT2D eigenvalue weighted by Crippen LogP contribution is -2.36. The highest BCUT2D eigenvalue weighted by molar-refractivity contribution is 8.18. The standard InChI is InChI=1S/C25H21N3O7S/c1-14-8-15(2)10-16(9-14)26-23(29)13-27-24(30)22(36-25(27)31)12-18-5-7-21(35-18)19-6-4-17(34-3)11-20(19)28(32)33/h4-12H,13H2,1-3H3,(H,26,29)/b22-12+. The van der Waals surface area contributed by atoms with Crippen LogP contribution >= 0.6 is 11.8 Å². The molecule has 36 heavy (non-hydrogen) atoms. The van der Waals surface area contributed by atoms with Gasteiger partial charge in [0.15, 0.2) is 0 Å². The zero-order valence-electron chi connectivity index (χ0n) is 19.6. The fraction of sp³-hybridized carbons (Fsp3) is 0.160. The number of nitrogens with one attached hydrogen (secondary N) is 1. The van der Waals surface area contributed by atoms with Crippen molar-refractivity contribution in [2.24, 2.45) is 0 Å². The zero-order chi connectivity index (χ0) is 26.0. The SMILES string of the molecule is COc1ccc(-c2ccc(/C=C3/SC(=O)N(CC(=O)Nc4cc(C)cc(C)c4)C3=O)o2)c([N+](=O)[O-])c1. The van der Waals surface area contributed by atoms with Crippen LogP contribution in [0.4, 0.5) is 16.2 Å². The Morgan fingerprint density at radius 2 is 1.86 bits per heavy atom. The molecule has 1 aromatic heterocycles. The number of anilines is 1. The van der Waals surface area contributed by atoms with E-state index in [1.165, 1.54) is 37.5 Å². The topological polar surface area (TPSA) is 132 Å². The molecule has 0 radical (unpaired) electrons. The number of nitro groups is 1. The van der Waals surface area contributed by atoms with Gasteiger partial charge in [0.25, 0.3) is 16.8 Å². The minimum Gasteiger partial charge on any atom is -0.497 e. The molecule has 2 aromatic carbocycles. The van der Waals surface area contributed by atoms with E-state index in [1.807, 2.05) is 19.9 Å². The molecule has 0 bridgehead atoms. The molecule has 0 aliphatic carbocycles. The lowest BCUT2D eigenvalue weighted by atomic mass is 10.1. The van der Waals surface area contributed by atoms with Gasteiger partial charge in [-0.25, -0.2) is 0 Å². The predicted octanol–water partition coefficient (Wildman–Crippen LogP) is 5.16. The number of carbonyl (C=O) groups excluding carboxylic acids is 3. The fourth-order valence-corrected chi connectivity index (χ4v) is 4.55. The molecule has 0 atom stereocenters. The summed E-state index contributed by atoms with van der Waals surface area (Å²) in [4.78, 5) is 49.5. The van der Waals surface area contributed by atoms with Gasteiger partial charge in [-0.2, -0.15) is 0 Å². The van der Waals surface area contributed by atoms with E-state index >= 15 is 0 Å². The van der Waals surface area contributed by atoms with Gasteiger partial charge in [-0.1, -0.05) is 6.07 Å². The zero-order valence-corrected chi connectivity index (χ0v) is 20.4. The summed E-state index contributed by atoms with van der Waals surface area (Å²) in [6.07, 6.45) is 1.37. The van der Waals surface area contributed by atoms with Gasteiger partial charge in [-0.05, 0) is 73.1 Å². The second-order valence-electron chi connectivity index (χ2n) is 8.03. The third kappa shape index (κ3) is 5.31. The van der Waals surface area contributed by atoms with Gasteiger partial charge in [-0.15, -0.1) is 0 Å². The Bertz CT molecular complexity index is 1410. The molecule has 1 N–H and O–H groups in total. The van der Waals surface area contributed by atoms with Crippen molar-refractivity contribution in [3.05, 3.63) is 80.4 Å². The molecule has 11 heteroatoms. The summed E-state index contributed by atoms with van der Waals surface area (Å²) in [6, 6.07) is 13.0. The molecule has 10 nitrogen and oxygen atoms in total. The lowest BCUT2D eigenvalue weighted by Gasteiger charge is -2.13. The summed E-state index contributed by atoms with van der Waals surface area (Å²) in [6.45, 7) is 3.37. The smallest absolute Gasteiger partial charge is 0.294 e. The molecule has 3 amide bonds. The van der Waals surface area contributed by atoms with Crippen molar-refractivity contribution in [2.45, 2.75) is 13.8 Å². The van der Waals surface area contributed by atoms with Crippen LogP contribution in [-0.2, 0) is 9.59 Å². The molecule has 4 rings (SSSR count). The Hall–Kier alpha value is -4.38. The van der Waals surface area contributed by atoms with Gasteiger partial charge < -0.3 is 14.5 Å². The molecule has 1 fully saturated rings. The molecule has 3 aromatic rings. The predicted molar refractivity (Wildman–Crippen MR) is 135 cm³/mol. The normalized spacial score (nSPS) is 14.4. The Morgan fingerprint density at radius 1 is 1.14 bits per heavy atom. The lowest BCUT2D eigenvalue weighted by molar-refractivity contribution is -0.384. The van der Waals surface area contributed by atoms with E-state index in [2.05, 4.69) is 5.32 Å². The minimum atomic E-state index is -0.631. The summed E-state index contributed by atoms with van der Waals surface area (Å²) < 4.78 is 10.7. The second kappa shape index (κ2) is 10.1. The van der Waals surface area contributed by atoms with Gasteiger partial charge in [-0.3, -0.25) is 29.4 Å². The van der Waals surface area contributed by atoms with Crippen LogP contribution < -0.4 is 10.1 Å². The highest BCUT2D eigenvalue weighted by atomic mass is 32.2. The van der Waals surface area contributed by atoms with E-state index in [0.29, 0.717) is 23.2 Å². The van der Waals surface area contributed by atoms with Gasteiger partial charge in [0, 0.05) is 11.8 Å². The fourth-order valence-electron chi connectivity index (χ4n) is 3.73. The van der Waals surface area contributed by atoms with Crippen molar-refractivity contribution >= 4 is 46.3 Å². The summed E-state index contributed by atoms with van der Waals surface area (Å²) in [5, 5.41) is 13.6. The van der Waals surface area contributed by atoms with Gasteiger partial charge in [0.05, 0.1) is 28.6 Å². The van der Waals surface area contributed by atoms with Gasteiger partial charge in [0.2, 0.25) is 5.91 Å². The number of benzene rings is 2. The minimum absolute atomic E-state index is 0.0735. The maximum absolute atomic E-state index is 12.8. The number of carbonyl (C=O) groups is 3. The third-order valence-electron chi connectivity index (χ3n) is 5.25. The first-order valence-electron chi connectivity index (χ1n) is 10.7. The highest BCUT2D eigenvalue weighted by Crippen LogP contribution is 2.36. The number of rotatable bonds is 7. The first-order chi connectivity index (χ1) is 17.1. The van der Waals surface area contributed by atoms with Gasteiger partial charge >= 0.3 is 0 Å². The van der Waals surface area contributed by atoms with E-state index in [0.717, 1.165) is 16.0 Å². The summed E-state index contributed by atoms with van der Waals surface area (Å²) in [5.74, 6) is -0.375. The molecule has 1 saturated heterocycles. The van der Waals surface area contributed by atoms with Crippen molar-refractivity contribution in [3.63, 3.8) is 0 Å². The van der Waals surface area contributed by atoms with Crippen LogP contribution in [0.5, 0.6) is 5.75 Å². The first kappa shape index (κ1) is 24.7. The quantitative estimate of drug-likeness (QED) is 0.264. The molecular weight excluding hydrogens is 486 g/mol. The Morgan fingerprint density at radius 3 is 2.53 bits per heavy atom. The number of furan rings is 1. The van der Waals surface area contributed by atoms with Crippen molar-refractivity contribution in [1.82, 2.24) is 4.90 Å². The third-order valence-corrected chi connectivity index (χ3v) is 6.16. The average molecular weight is 508 g/mol. The molecule has 1 aliphatic rings. The number of aryl methyl sites for hydroxylation is 2. The summed E-state index contributed by atoms with van der Waals surface area (Å²) in [5.41, 5.74) is 2.55. The first-order valence-corrected chi connectivity index (χ1v) is 11.5. The molecule has 0 unspecified atom stereocenters. The second-order valence-corrected chi connectivity index (χ2v) is 9.03. The largest absolute Gasteiger partial charge is 0.497 e. The van der Waals surface area contributed by atoms with Crippen molar-refractivity contribution in [2.75, 3.05) is 19.0 Å². The van der Waals surface area contributed by atoms with Gasteiger partial charge in [0.1, 0.15) is 23.8 Å². The molecule has 1 aliphatic heterocycles. The van der Waals surface area contributed by atoms with E-state index in [4.69, 9.17) is 9.15 Å². The van der Waals surface area contributed by atoms with E-state index in [1.54, 1.807) is 18.2 Å². The Labute approximate surface area is 210 Å². The number of hydrogen-bond acceptors (Lipinski definition) is 8. The number of ether oxygens (including phenoxy) is 1. The summed E-state index contributed by atoms with van der Waals surface area (Å²) in [7, 11) is 1.41. The van der Waals surface area contributed by atoms with Crippen molar-refractivity contribution < 1.29 is 28.5 Å². The van der Waals surface area contributed by atoms with Crippen LogP contribution in [0.15, 0.2) is 57.9 Å². The van der Waals surface area contributed by atoms with Crippen LogP contribution in [0.1, 0.15) is 16.9 Å². The number of methoxy groups -OCH3 is 1. The maximum atomic E-state index is 12.8. The van der Waals surface area contributed by atoms with Crippen LogP contribution in [0, 0.1) is 24.0 Å². The van der Waals surface area contributed by atoms with Crippen LogP contribution in [0.25, 0.3) is 17.4 Å². The Balaban J connectivity index is 1.49. The van der Waals surface area contributed by atoms with Crippen LogP contribution in [0.3, 0.4) is 0 Å². The monoisotopic (exact) mass is 507 g/mol. The number of amides is 3. The molecule has 0 spiro atoms. The molecule has 0 saturated carbocycles. The molecule has 184 valence electrons. The van der Waals surface area contributed by atoms with Crippen LogP contribution in [0.2, 0.25) is 0 Å². The van der Waals surface area contributed by atoms with E-state index in [9.17, 15) is 24.5 Å². The highest BCUT2D eigenvalue weighted by Gasteiger charge is 2.36. The number of imide groups is 1. The number of hydrogen-bond donors (Lipinski definition) is 1. The van der Waals surface area contributed by atoms with Crippen LogP contribution in [-0.4, -0.2) is 40.5 Å². The van der Waals surface area contributed by atoms with Crippen molar-refractivity contribution in [1.29, 1.82) is 0 Å². The average Bonchev–Trinajstić information content (AvgIpc) is 3.38. The molecule has 2 heterocycles.